The van der Waals surface area contributed by atoms with Gasteiger partial charge in [-0.05, 0) is 6.32 Å². The second-order valence-electron chi connectivity index (χ2n) is 2.64. The quantitative estimate of drug-likeness (QED) is 0.391. The molecule has 0 N–H and O–H groups in total. The van der Waals surface area contributed by atoms with Gasteiger partial charge in [0.1, 0.15) is 15.7 Å². The lowest BCUT2D eigenvalue weighted by atomic mass is 9.91. The number of rotatable bonds is 2. The van der Waals surface area contributed by atoms with Crippen LogP contribution >= 0.6 is 0 Å². The number of Topliss-reactive ketones (excluding diaryl/α,β-unsaturated/α-hetero) is 1. The highest BCUT2D eigenvalue weighted by atomic mass is 16.1. The van der Waals surface area contributed by atoms with E-state index in [1.807, 2.05) is 40.0 Å². The van der Waals surface area contributed by atoms with Crippen molar-refractivity contribution >= 4 is 26.9 Å². The minimum absolute atomic E-state index is 0.213. The van der Waals surface area contributed by atoms with Gasteiger partial charge in [-0.15, -0.1) is 0 Å². The van der Waals surface area contributed by atoms with Crippen molar-refractivity contribution in [2.24, 2.45) is 0 Å². The lowest BCUT2D eigenvalue weighted by molar-refractivity contribution is 0.101. The Morgan fingerprint density at radius 1 is 1.27 bits per heavy atom. The van der Waals surface area contributed by atoms with Crippen molar-refractivity contribution in [1.29, 1.82) is 0 Å². The fourth-order valence-corrected chi connectivity index (χ4v) is 0.944. The van der Waals surface area contributed by atoms with E-state index < -0.39 is 0 Å². The first-order valence-electron chi connectivity index (χ1n) is 3.84. The molecule has 0 bridgehead atoms. The van der Waals surface area contributed by atoms with Crippen molar-refractivity contribution in [3.63, 3.8) is 0 Å². The summed E-state index contributed by atoms with van der Waals surface area (Å²) in [5.74, 6) is 0.213. The van der Waals surface area contributed by atoms with E-state index >= 15 is 0 Å². The molecule has 1 rings (SSSR count). The summed E-state index contributed by atoms with van der Waals surface area (Å²) in [6, 6.07) is 7.67. The second-order valence-corrected chi connectivity index (χ2v) is 2.64. The highest BCUT2D eigenvalue weighted by Crippen LogP contribution is 1.99. The fourth-order valence-electron chi connectivity index (χ4n) is 0.944. The molecule has 0 aliphatic rings. The first-order chi connectivity index (χ1) is 5.24. The van der Waals surface area contributed by atoms with Crippen LogP contribution in [0.2, 0.25) is 6.32 Å². The summed E-state index contributed by atoms with van der Waals surface area (Å²) in [5.41, 5.74) is 2.01. The summed E-state index contributed by atoms with van der Waals surface area (Å²) in [4.78, 5) is 11.1. The molecule has 0 spiro atoms. The molecular weight excluding hydrogens is 134 g/mol. The average Bonchev–Trinajstić information content (AvgIpc) is 2.05. The van der Waals surface area contributed by atoms with E-state index in [2.05, 4.69) is 0 Å². The SMILES string of the molecule is BCC(=O)c1ccc(B)cc1. The normalized spacial score (nSPS) is 9.45. The molecular formula is C8H10B2O. The van der Waals surface area contributed by atoms with Gasteiger partial charge in [0, 0.05) is 5.56 Å². The van der Waals surface area contributed by atoms with Crippen LogP contribution in [-0.2, 0) is 0 Å². The van der Waals surface area contributed by atoms with Gasteiger partial charge in [-0.1, -0.05) is 29.7 Å². The number of ketones is 1. The Morgan fingerprint density at radius 2 is 1.82 bits per heavy atom. The summed E-state index contributed by atoms with van der Waals surface area (Å²) in [6.07, 6.45) is 0.586. The summed E-state index contributed by atoms with van der Waals surface area (Å²) in [5, 5.41) is 0. The molecule has 0 radical (unpaired) electrons. The molecule has 0 amide bonds. The lowest BCUT2D eigenvalue weighted by Gasteiger charge is -1.96. The molecule has 0 aliphatic carbocycles. The molecule has 54 valence electrons. The standard InChI is InChI=1S/C8H10B2O/c9-5-8(11)6-1-3-7(10)4-2-6/h1-4H,5,9-10H2. The molecule has 0 saturated carbocycles. The Hall–Kier alpha value is -0.980. The number of carbonyl (C=O) groups is 1. The minimum atomic E-state index is 0.213. The van der Waals surface area contributed by atoms with Crippen molar-refractivity contribution in [2.75, 3.05) is 0 Å². The van der Waals surface area contributed by atoms with Crippen molar-refractivity contribution in [2.45, 2.75) is 6.32 Å². The van der Waals surface area contributed by atoms with Gasteiger partial charge in [0.05, 0.1) is 0 Å². The fraction of sp³-hybridized carbons (Fsp3) is 0.125. The zero-order valence-corrected chi connectivity index (χ0v) is 6.92. The average molecular weight is 144 g/mol. The maximum Gasteiger partial charge on any atom is 0.155 e. The van der Waals surface area contributed by atoms with Crippen LogP contribution in [0.4, 0.5) is 0 Å². The summed E-state index contributed by atoms with van der Waals surface area (Å²) in [6.45, 7) is 0. The van der Waals surface area contributed by atoms with Gasteiger partial charge in [-0.2, -0.15) is 0 Å². The van der Waals surface area contributed by atoms with Crippen LogP contribution in [0.1, 0.15) is 10.4 Å². The van der Waals surface area contributed by atoms with Gasteiger partial charge in [0.25, 0.3) is 0 Å². The Bertz CT molecular complexity index is 253. The number of hydrogen-bond donors (Lipinski definition) is 0. The topological polar surface area (TPSA) is 17.1 Å². The summed E-state index contributed by atoms with van der Waals surface area (Å²) >= 11 is 0. The third-order valence-electron chi connectivity index (χ3n) is 1.69. The first kappa shape index (κ1) is 8.12. The van der Waals surface area contributed by atoms with Gasteiger partial charge >= 0.3 is 0 Å². The van der Waals surface area contributed by atoms with Crippen molar-refractivity contribution in [1.82, 2.24) is 0 Å². The molecule has 1 nitrogen and oxygen atoms in total. The lowest BCUT2D eigenvalue weighted by Crippen LogP contribution is -2.04. The maximum atomic E-state index is 11.1. The van der Waals surface area contributed by atoms with Gasteiger partial charge in [-0.3, -0.25) is 4.79 Å². The minimum Gasteiger partial charge on any atom is -0.295 e. The van der Waals surface area contributed by atoms with Gasteiger partial charge in [0.15, 0.2) is 5.78 Å². The molecule has 0 unspecified atom stereocenters. The van der Waals surface area contributed by atoms with Crippen LogP contribution in [0.3, 0.4) is 0 Å². The molecule has 1 aromatic carbocycles. The van der Waals surface area contributed by atoms with Crippen molar-refractivity contribution < 1.29 is 4.79 Å². The zero-order chi connectivity index (χ0) is 8.27. The highest BCUT2D eigenvalue weighted by Gasteiger charge is 1.99. The number of benzene rings is 1. The van der Waals surface area contributed by atoms with Crippen molar-refractivity contribution in [3.05, 3.63) is 29.8 Å². The van der Waals surface area contributed by atoms with Crippen LogP contribution in [-0.4, -0.2) is 21.5 Å². The molecule has 3 heteroatoms. The van der Waals surface area contributed by atoms with Crippen LogP contribution < -0.4 is 5.46 Å². The molecule has 0 heterocycles. The van der Waals surface area contributed by atoms with Crippen LogP contribution in [0.25, 0.3) is 0 Å². The molecule has 0 fully saturated rings. The van der Waals surface area contributed by atoms with Gasteiger partial charge in [0.2, 0.25) is 0 Å². The monoisotopic (exact) mass is 144 g/mol. The van der Waals surface area contributed by atoms with Gasteiger partial charge in [-0.25, -0.2) is 0 Å². The molecule has 0 aromatic heterocycles. The molecule has 11 heavy (non-hydrogen) atoms. The van der Waals surface area contributed by atoms with Crippen LogP contribution in [0.15, 0.2) is 24.3 Å². The zero-order valence-electron chi connectivity index (χ0n) is 6.92. The third kappa shape index (κ3) is 1.97. The van der Waals surface area contributed by atoms with Crippen molar-refractivity contribution in [3.8, 4) is 0 Å². The first-order valence-corrected chi connectivity index (χ1v) is 3.84. The maximum absolute atomic E-state index is 11.1. The van der Waals surface area contributed by atoms with E-state index in [-0.39, 0.29) is 5.78 Å². The van der Waals surface area contributed by atoms with E-state index in [0.29, 0.717) is 6.32 Å². The smallest absolute Gasteiger partial charge is 0.155 e. The second kappa shape index (κ2) is 3.42. The predicted molar refractivity (Wildman–Crippen MR) is 52.3 cm³/mol. The Morgan fingerprint density at radius 3 is 2.27 bits per heavy atom. The number of carbonyl (C=O) groups excluding carboxylic acids is 1. The summed E-state index contributed by atoms with van der Waals surface area (Å²) < 4.78 is 0. The molecule has 0 atom stereocenters. The summed E-state index contributed by atoms with van der Waals surface area (Å²) in [7, 11) is 3.89. The Labute approximate surface area is 68.6 Å². The van der Waals surface area contributed by atoms with Crippen LogP contribution in [0.5, 0.6) is 0 Å². The van der Waals surface area contributed by atoms with E-state index in [0.717, 1.165) is 5.56 Å². The van der Waals surface area contributed by atoms with E-state index in [1.54, 1.807) is 0 Å². The molecule has 1 aromatic rings. The van der Waals surface area contributed by atoms with E-state index in [1.165, 1.54) is 5.46 Å². The van der Waals surface area contributed by atoms with Crippen LogP contribution in [0, 0.1) is 0 Å². The largest absolute Gasteiger partial charge is 0.295 e. The van der Waals surface area contributed by atoms with E-state index in [9.17, 15) is 4.79 Å². The van der Waals surface area contributed by atoms with E-state index in [4.69, 9.17) is 0 Å². The highest BCUT2D eigenvalue weighted by molar-refractivity contribution is 6.32. The Kier molecular flexibility index (Phi) is 2.53. The number of hydrogen-bond acceptors (Lipinski definition) is 1. The predicted octanol–water partition coefficient (Wildman–Crippen LogP) is -0.821. The third-order valence-corrected chi connectivity index (χ3v) is 1.69. The Balaban J connectivity index is 2.90. The van der Waals surface area contributed by atoms with Gasteiger partial charge < -0.3 is 0 Å². The molecule has 0 saturated heterocycles. The molecule has 0 aliphatic heterocycles.